The van der Waals surface area contributed by atoms with Crippen LogP contribution in [0, 0.1) is 13.8 Å². The first-order chi connectivity index (χ1) is 13.0. The number of hydrogen-bond donors (Lipinski definition) is 0. The van der Waals surface area contributed by atoms with Gasteiger partial charge < -0.3 is 14.0 Å². The van der Waals surface area contributed by atoms with Gasteiger partial charge in [0.05, 0.1) is 5.52 Å². The summed E-state index contributed by atoms with van der Waals surface area (Å²) in [5, 5.41) is 4.49. The molecule has 1 atom stereocenters. The van der Waals surface area contributed by atoms with Gasteiger partial charge in [0.1, 0.15) is 12.6 Å². The number of piperidine rings is 1. The van der Waals surface area contributed by atoms with Crippen molar-refractivity contribution in [2.45, 2.75) is 45.7 Å². The van der Waals surface area contributed by atoms with Crippen LogP contribution in [0.15, 0.2) is 39.6 Å². The Labute approximate surface area is 156 Å². The Kier molecular flexibility index (Phi) is 4.51. The predicted molar refractivity (Wildman–Crippen MR) is 100 cm³/mol. The molecule has 4 rings (SSSR count). The summed E-state index contributed by atoms with van der Waals surface area (Å²) in [6.07, 6.45) is 2.80. The fraction of sp³-hybridized carbons (Fsp3) is 0.400. The summed E-state index contributed by atoms with van der Waals surface area (Å²) in [5.74, 6) is 1.07. The van der Waals surface area contributed by atoms with Crippen molar-refractivity contribution in [1.29, 1.82) is 0 Å². The minimum atomic E-state index is -0.182. The molecular formula is C20H22N4O3. The average Bonchev–Trinajstić information content (AvgIpc) is 3.11. The molecule has 0 radical (unpaired) electrons. The molecule has 1 aliphatic rings. The highest BCUT2D eigenvalue weighted by Crippen LogP contribution is 2.30. The lowest BCUT2D eigenvalue weighted by Crippen LogP contribution is -2.40. The topological polar surface area (TPSA) is 81.2 Å². The molecule has 0 spiro atoms. The molecule has 2 aromatic heterocycles. The van der Waals surface area contributed by atoms with Crippen LogP contribution in [0.4, 0.5) is 0 Å². The number of amides is 1. The van der Waals surface area contributed by atoms with Gasteiger partial charge in [-0.3, -0.25) is 9.59 Å². The van der Waals surface area contributed by atoms with Gasteiger partial charge in [-0.1, -0.05) is 17.3 Å². The van der Waals surface area contributed by atoms with E-state index >= 15 is 0 Å². The van der Waals surface area contributed by atoms with Gasteiger partial charge in [-0.15, -0.1) is 0 Å². The first-order valence-corrected chi connectivity index (χ1v) is 9.23. The molecule has 7 nitrogen and oxygen atoms in total. The van der Waals surface area contributed by atoms with Crippen LogP contribution in [0.25, 0.3) is 10.9 Å². The highest BCUT2D eigenvalue weighted by Gasteiger charge is 2.32. The minimum Gasteiger partial charge on any atom is -0.337 e. The van der Waals surface area contributed by atoms with Gasteiger partial charge in [0, 0.05) is 23.7 Å². The standard InChI is InChI=1S/C20H22N4O3/c1-13-11-18(25)15-7-3-4-8-16(15)24(13)12-19(26)23-10-6-5-9-17(23)20-21-14(2)22-27-20/h3-4,7-8,11,17H,5-6,9-10,12H2,1-2H3. The zero-order valence-electron chi connectivity index (χ0n) is 15.5. The SMILES string of the molecule is Cc1noc(C2CCCCN2C(=O)Cn2c(C)cc(=O)c3ccccc32)n1. The zero-order valence-corrected chi connectivity index (χ0v) is 15.5. The Balaban J connectivity index is 1.67. The Hall–Kier alpha value is -2.96. The van der Waals surface area contributed by atoms with Crippen molar-refractivity contribution in [2.75, 3.05) is 6.54 Å². The lowest BCUT2D eigenvalue weighted by molar-refractivity contribution is -0.136. The fourth-order valence-corrected chi connectivity index (χ4v) is 3.82. The van der Waals surface area contributed by atoms with Crippen molar-refractivity contribution in [1.82, 2.24) is 19.6 Å². The monoisotopic (exact) mass is 366 g/mol. The molecule has 0 N–H and O–H groups in total. The second kappa shape index (κ2) is 6.98. The van der Waals surface area contributed by atoms with E-state index in [4.69, 9.17) is 4.52 Å². The molecule has 1 amide bonds. The molecule has 1 saturated heterocycles. The molecule has 0 bridgehead atoms. The minimum absolute atomic E-state index is 0.00699. The highest BCUT2D eigenvalue weighted by atomic mass is 16.5. The van der Waals surface area contributed by atoms with Crippen LogP contribution in [0.3, 0.4) is 0 Å². The second-order valence-electron chi connectivity index (χ2n) is 7.03. The molecular weight excluding hydrogens is 344 g/mol. The van der Waals surface area contributed by atoms with Crippen molar-refractivity contribution >= 4 is 16.8 Å². The smallest absolute Gasteiger partial charge is 0.249 e. The third-order valence-corrected chi connectivity index (χ3v) is 5.17. The number of aryl methyl sites for hydroxylation is 2. The summed E-state index contributed by atoms with van der Waals surface area (Å²) < 4.78 is 7.25. The zero-order chi connectivity index (χ0) is 19.0. The maximum absolute atomic E-state index is 13.2. The van der Waals surface area contributed by atoms with E-state index in [9.17, 15) is 9.59 Å². The number of para-hydroxylation sites is 1. The summed E-state index contributed by atoms with van der Waals surface area (Å²) in [6.45, 7) is 4.48. The molecule has 1 unspecified atom stereocenters. The number of nitrogens with zero attached hydrogens (tertiary/aromatic N) is 4. The van der Waals surface area contributed by atoms with Gasteiger partial charge in [-0.05, 0) is 45.2 Å². The van der Waals surface area contributed by atoms with Crippen LogP contribution < -0.4 is 5.43 Å². The maximum atomic E-state index is 13.2. The Morgan fingerprint density at radius 3 is 2.85 bits per heavy atom. The van der Waals surface area contributed by atoms with Crippen LogP contribution in [0.2, 0.25) is 0 Å². The highest BCUT2D eigenvalue weighted by molar-refractivity contribution is 5.83. The molecule has 3 aromatic rings. The Bertz CT molecular complexity index is 1050. The molecule has 0 aliphatic carbocycles. The van der Waals surface area contributed by atoms with Crippen molar-refractivity contribution in [2.24, 2.45) is 0 Å². The lowest BCUT2D eigenvalue weighted by atomic mass is 10.0. The Morgan fingerprint density at radius 1 is 1.26 bits per heavy atom. The second-order valence-corrected chi connectivity index (χ2v) is 7.03. The molecule has 1 aromatic carbocycles. The maximum Gasteiger partial charge on any atom is 0.249 e. The molecule has 27 heavy (non-hydrogen) atoms. The molecule has 1 fully saturated rings. The van der Waals surface area contributed by atoms with Gasteiger partial charge in [0.2, 0.25) is 11.8 Å². The van der Waals surface area contributed by atoms with Crippen molar-refractivity contribution < 1.29 is 9.32 Å². The summed E-state index contributed by atoms with van der Waals surface area (Å²) in [6, 6.07) is 8.80. The van der Waals surface area contributed by atoms with Crippen molar-refractivity contribution in [3.05, 3.63) is 58.0 Å². The van der Waals surface area contributed by atoms with Crippen LogP contribution in [0.1, 0.15) is 42.7 Å². The van der Waals surface area contributed by atoms with E-state index in [1.54, 1.807) is 19.1 Å². The summed E-state index contributed by atoms with van der Waals surface area (Å²) in [5.41, 5.74) is 1.52. The summed E-state index contributed by atoms with van der Waals surface area (Å²) in [7, 11) is 0. The van der Waals surface area contributed by atoms with E-state index in [1.165, 1.54) is 0 Å². The fourth-order valence-electron chi connectivity index (χ4n) is 3.82. The normalized spacial score (nSPS) is 17.4. The number of rotatable bonds is 3. The van der Waals surface area contributed by atoms with Gasteiger partial charge in [-0.25, -0.2) is 0 Å². The number of hydrogen-bond acceptors (Lipinski definition) is 5. The van der Waals surface area contributed by atoms with Crippen LogP contribution in [-0.2, 0) is 11.3 Å². The number of fused-ring (bicyclic) bond motifs is 1. The van der Waals surface area contributed by atoms with Gasteiger partial charge in [0.25, 0.3) is 0 Å². The van der Waals surface area contributed by atoms with Crippen LogP contribution in [0.5, 0.6) is 0 Å². The molecule has 3 heterocycles. The number of aromatic nitrogens is 3. The van der Waals surface area contributed by atoms with Gasteiger partial charge in [-0.2, -0.15) is 4.98 Å². The van der Waals surface area contributed by atoms with Crippen molar-refractivity contribution in [3.63, 3.8) is 0 Å². The lowest BCUT2D eigenvalue weighted by Gasteiger charge is -2.34. The van der Waals surface area contributed by atoms with E-state index in [2.05, 4.69) is 10.1 Å². The number of benzene rings is 1. The first-order valence-electron chi connectivity index (χ1n) is 9.23. The van der Waals surface area contributed by atoms with E-state index < -0.39 is 0 Å². The number of carbonyl (C=O) groups is 1. The Morgan fingerprint density at radius 2 is 2.07 bits per heavy atom. The first kappa shape index (κ1) is 17.5. The third-order valence-electron chi connectivity index (χ3n) is 5.17. The van der Waals surface area contributed by atoms with Gasteiger partial charge >= 0.3 is 0 Å². The van der Waals surface area contributed by atoms with Crippen LogP contribution >= 0.6 is 0 Å². The van der Waals surface area contributed by atoms with E-state index in [0.29, 0.717) is 23.6 Å². The number of likely N-dealkylation sites (tertiary alicyclic amines) is 1. The molecule has 7 heteroatoms. The van der Waals surface area contributed by atoms with Crippen LogP contribution in [-0.4, -0.2) is 32.1 Å². The van der Waals surface area contributed by atoms with E-state index in [-0.39, 0.29) is 23.9 Å². The van der Waals surface area contributed by atoms with E-state index in [0.717, 1.165) is 30.5 Å². The molecule has 0 saturated carbocycles. The number of carbonyl (C=O) groups excluding carboxylic acids is 1. The quantitative estimate of drug-likeness (QED) is 0.712. The summed E-state index contributed by atoms with van der Waals surface area (Å²) >= 11 is 0. The number of pyridine rings is 1. The third kappa shape index (κ3) is 3.25. The summed E-state index contributed by atoms with van der Waals surface area (Å²) in [4.78, 5) is 31.6. The largest absolute Gasteiger partial charge is 0.337 e. The average molecular weight is 366 g/mol. The van der Waals surface area contributed by atoms with Crippen molar-refractivity contribution in [3.8, 4) is 0 Å². The van der Waals surface area contributed by atoms with E-state index in [1.807, 2.05) is 34.6 Å². The molecule has 140 valence electrons. The predicted octanol–water partition coefficient (Wildman–Crippen LogP) is 2.76. The van der Waals surface area contributed by atoms with Gasteiger partial charge in [0.15, 0.2) is 11.3 Å². The molecule has 1 aliphatic heterocycles.